The molecule has 0 aromatic carbocycles. The lowest BCUT2D eigenvalue weighted by Crippen LogP contribution is -2.25. The number of fused-ring (bicyclic) bond motifs is 1. The lowest BCUT2D eigenvalue weighted by molar-refractivity contribution is 0.176. The van der Waals surface area contributed by atoms with Crippen LogP contribution in [0.5, 0.6) is 5.88 Å². The summed E-state index contributed by atoms with van der Waals surface area (Å²) < 4.78 is 12.4. The van der Waals surface area contributed by atoms with Crippen LogP contribution < -0.4 is 9.64 Å². The molecule has 22 heavy (non-hydrogen) atoms. The molecule has 2 aromatic heterocycles. The molecule has 1 aliphatic heterocycles. The molecule has 3 heterocycles. The van der Waals surface area contributed by atoms with Crippen molar-refractivity contribution in [3.8, 4) is 11.6 Å². The number of rotatable bonds is 5. The van der Waals surface area contributed by atoms with Gasteiger partial charge in [0.05, 0.1) is 19.0 Å². The Labute approximate surface area is 128 Å². The number of hydrogen-bond donors (Lipinski definition) is 0. The van der Waals surface area contributed by atoms with Crippen molar-refractivity contribution in [1.82, 2.24) is 19.7 Å². The van der Waals surface area contributed by atoms with Crippen molar-refractivity contribution in [2.75, 3.05) is 32.2 Å². The molecule has 2 unspecified atom stereocenters. The second kappa shape index (κ2) is 5.24. The van der Waals surface area contributed by atoms with E-state index in [0.29, 0.717) is 12.5 Å². The van der Waals surface area contributed by atoms with Crippen LogP contribution in [0.4, 0.5) is 5.95 Å². The van der Waals surface area contributed by atoms with Gasteiger partial charge in [-0.2, -0.15) is 0 Å². The first-order valence-electron chi connectivity index (χ1n) is 7.48. The lowest BCUT2D eigenvalue weighted by Gasteiger charge is -2.20. The predicted octanol–water partition coefficient (Wildman–Crippen LogP) is 1.27. The normalized spacial score (nSPS) is 22.7. The molecule has 1 saturated heterocycles. The Morgan fingerprint density at radius 2 is 2.00 bits per heavy atom. The fraction of sp³-hybridized carbons (Fsp3) is 0.533. The fourth-order valence-corrected chi connectivity index (χ4v) is 3.19. The third-order valence-electron chi connectivity index (χ3n) is 4.44. The molecule has 0 bridgehead atoms. The van der Waals surface area contributed by atoms with Gasteiger partial charge >= 0.3 is 0 Å². The zero-order valence-electron chi connectivity index (χ0n) is 12.8. The summed E-state index contributed by atoms with van der Waals surface area (Å²) >= 11 is 0. The molecule has 2 aromatic rings. The van der Waals surface area contributed by atoms with Crippen LogP contribution in [0.25, 0.3) is 5.69 Å². The summed E-state index contributed by atoms with van der Waals surface area (Å²) in [6, 6.07) is 3.81. The van der Waals surface area contributed by atoms with Crippen LogP contribution in [0.3, 0.4) is 0 Å². The van der Waals surface area contributed by atoms with Gasteiger partial charge in [-0.1, -0.05) is 0 Å². The van der Waals surface area contributed by atoms with E-state index in [4.69, 9.17) is 9.47 Å². The maximum Gasteiger partial charge on any atom is 0.232 e. The molecule has 0 spiro atoms. The van der Waals surface area contributed by atoms with E-state index in [1.54, 1.807) is 20.4 Å². The molecule has 0 amide bonds. The van der Waals surface area contributed by atoms with Crippen LogP contribution in [0.2, 0.25) is 0 Å². The Morgan fingerprint density at radius 3 is 2.64 bits per heavy atom. The van der Waals surface area contributed by atoms with Crippen LogP contribution in [0, 0.1) is 11.8 Å². The minimum absolute atomic E-state index is 0.416. The van der Waals surface area contributed by atoms with Gasteiger partial charge in [-0.05, 0) is 24.3 Å². The molecule has 0 N–H and O–H groups in total. The summed E-state index contributed by atoms with van der Waals surface area (Å²) in [6.07, 6.45) is 3.14. The summed E-state index contributed by atoms with van der Waals surface area (Å²) in [4.78, 5) is 6.60. The van der Waals surface area contributed by atoms with Gasteiger partial charge in [0.2, 0.25) is 11.8 Å². The molecule has 7 heteroatoms. The molecule has 4 rings (SSSR count). The highest BCUT2D eigenvalue weighted by Gasteiger charge is 2.46. The number of ether oxygens (including phenoxy) is 2. The predicted molar refractivity (Wildman–Crippen MR) is 80.2 cm³/mol. The highest BCUT2D eigenvalue weighted by Crippen LogP contribution is 2.46. The van der Waals surface area contributed by atoms with E-state index < -0.39 is 0 Å². The second-order valence-corrected chi connectivity index (χ2v) is 5.90. The van der Waals surface area contributed by atoms with Crippen LogP contribution >= 0.6 is 0 Å². The standard InChI is InChI=1S/C15H19N5O2/c1-21-9-13-17-18-15(19-7-10-5-11(10)8-19)20(13)12-3-4-14(22-2)16-6-12/h3-4,6,10-11H,5,7-9H2,1-2H3. The van der Waals surface area contributed by atoms with E-state index in [1.165, 1.54) is 6.42 Å². The van der Waals surface area contributed by atoms with Crippen molar-refractivity contribution < 1.29 is 9.47 Å². The second-order valence-electron chi connectivity index (χ2n) is 5.90. The van der Waals surface area contributed by atoms with Crippen LogP contribution in [-0.4, -0.2) is 47.1 Å². The Bertz CT molecular complexity index is 659. The third-order valence-corrected chi connectivity index (χ3v) is 4.44. The largest absolute Gasteiger partial charge is 0.481 e. The van der Waals surface area contributed by atoms with E-state index in [-0.39, 0.29) is 0 Å². The average Bonchev–Trinajstić information content (AvgIpc) is 2.98. The van der Waals surface area contributed by atoms with E-state index >= 15 is 0 Å². The molecule has 2 atom stereocenters. The molecule has 1 saturated carbocycles. The quantitative estimate of drug-likeness (QED) is 0.829. The zero-order chi connectivity index (χ0) is 15.1. The zero-order valence-corrected chi connectivity index (χ0v) is 12.8. The van der Waals surface area contributed by atoms with Crippen molar-refractivity contribution in [2.24, 2.45) is 11.8 Å². The first-order chi connectivity index (χ1) is 10.8. The number of nitrogens with zero attached hydrogens (tertiary/aromatic N) is 5. The smallest absolute Gasteiger partial charge is 0.232 e. The number of hydrogen-bond acceptors (Lipinski definition) is 6. The van der Waals surface area contributed by atoms with E-state index in [9.17, 15) is 0 Å². The molecule has 1 aliphatic carbocycles. The highest BCUT2D eigenvalue weighted by molar-refractivity contribution is 5.45. The molecule has 7 nitrogen and oxygen atoms in total. The molecule has 116 valence electrons. The number of anilines is 1. The van der Waals surface area contributed by atoms with Crippen LogP contribution in [0.1, 0.15) is 12.2 Å². The van der Waals surface area contributed by atoms with Gasteiger partial charge in [0.25, 0.3) is 0 Å². The van der Waals surface area contributed by atoms with Gasteiger partial charge in [0, 0.05) is 26.3 Å². The van der Waals surface area contributed by atoms with Gasteiger partial charge in [-0.25, -0.2) is 4.98 Å². The first kappa shape index (κ1) is 13.5. The maximum absolute atomic E-state index is 5.25. The summed E-state index contributed by atoms with van der Waals surface area (Å²) in [5, 5.41) is 8.69. The fourth-order valence-electron chi connectivity index (χ4n) is 3.19. The SMILES string of the molecule is COCc1nnc(N2CC3CC3C2)n1-c1ccc(OC)nc1. The van der Waals surface area contributed by atoms with Crippen molar-refractivity contribution >= 4 is 5.95 Å². The minimum atomic E-state index is 0.416. The molecule has 0 radical (unpaired) electrons. The molecule has 2 aliphatic rings. The summed E-state index contributed by atoms with van der Waals surface area (Å²) in [5.74, 6) is 3.93. The van der Waals surface area contributed by atoms with Crippen LogP contribution in [-0.2, 0) is 11.3 Å². The lowest BCUT2D eigenvalue weighted by atomic mass is 10.4. The highest BCUT2D eigenvalue weighted by atomic mass is 16.5. The van der Waals surface area contributed by atoms with Crippen LogP contribution in [0.15, 0.2) is 18.3 Å². The van der Waals surface area contributed by atoms with Gasteiger partial charge in [-0.3, -0.25) is 4.57 Å². The van der Waals surface area contributed by atoms with Gasteiger partial charge in [0.1, 0.15) is 6.61 Å². The summed E-state index contributed by atoms with van der Waals surface area (Å²) in [5.41, 5.74) is 0.924. The average molecular weight is 301 g/mol. The Hall–Kier alpha value is -2.15. The minimum Gasteiger partial charge on any atom is -0.481 e. The topological polar surface area (TPSA) is 65.3 Å². The third kappa shape index (κ3) is 2.21. The summed E-state index contributed by atoms with van der Waals surface area (Å²) in [6.45, 7) is 2.55. The van der Waals surface area contributed by atoms with E-state index in [2.05, 4.69) is 20.1 Å². The molecular formula is C15H19N5O2. The Kier molecular flexibility index (Phi) is 3.22. The van der Waals surface area contributed by atoms with Gasteiger partial charge in [-0.15, -0.1) is 10.2 Å². The van der Waals surface area contributed by atoms with Crippen molar-refractivity contribution in [3.05, 3.63) is 24.2 Å². The number of piperidine rings is 1. The van der Waals surface area contributed by atoms with Gasteiger partial charge < -0.3 is 14.4 Å². The van der Waals surface area contributed by atoms with Gasteiger partial charge in [0.15, 0.2) is 5.82 Å². The number of pyridine rings is 1. The molecular weight excluding hydrogens is 282 g/mol. The summed E-state index contributed by atoms with van der Waals surface area (Å²) in [7, 11) is 3.27. The van der Waals surface area contributed by atoms with Crippen molar-refractivity contribution in [1.29, 1.82) is 0 Å². The molecule has 2 fully saturated rings. The Balaban J connectivity index is 1.71. The van der Waals surface area contributed by atoms with Crippen molar-refractivity contribution in [3.63, 3.8) is 0 Å². The van der Waals surface area contributed by atoms with E-state index in [1.807, 2.05) is 16.7 Å². The first-order valence-corrected chi connectivity index (χ1v) is 7.48. The number of aromatic nitrogens is 4. The van der Waals surface area contributed by atoms with Crippen molar-refractivity contribution in [2.45, 2.75) is 13.0 Å². The maximum atomic E-state index is 5.25. The number of methoxy groups -OCH3 is 2. The Morgan fingerprint density at radius 1 is 1.18 bits per heavy atom. The monoisotopic (exact) mass is 301 g/mol. The van der Waals surface area contributed by atoms with E-state index in [0.717, 1.165) is 42.4 Å².